The second-order valence-electron chi connectivity index (χ2n) is 9.10. The summed E-state index contributed by atoms with van der Waals surface area (Å²) in [5.41, 5.74) is 4.86. The lowest BCUT2D eigenvalue weighted by atomic mass is 10.0. The highest BCUT2D eigenvalue weighted by molar-refractivity contribution is 5.85. The monoisotopic (exact) mass is 444 g/mol. The quantitative estimate of drug-likeness (QED) is 0.350. The SMILES string of the molecule is OCC(Cc1ccccc1)NC[C@@H]1CCN(CCc2c[nH]c3ccc(-n4cnnc4)cc23)C1. The Morgan fingerprint density at radius 3 is 2.79 bits per heavy atom. The molecule has 172 valence electrons. The van der Waals surface area contributed by atoms with Gasteiger partial charge in [-0.25, -0.2) is 0 Å². The van der Waals surface area contributed by atoms with E-state index in [4.69, 9.17) is 0 Å². The highest BCUT2D eigenvalue weighted by Gasteiger charge is 2.23. The van der Waals surface area contributed by atoms with Gasteiger partial charge in [0.2, 0.25) is 0 Å². The predicted octanol–water partition coefficient (Wildman–Crippen LogP) is 2.81. The van der Waals surface area contributed by atoms with Gasteiger partial charge < -0.3 is 20.3 Å². The second kappa shape index (κ2) is 10.3. The van der Waals surface area contributed by atoms with Crippen LogP contribution in [0.4, 0.5) is 0 Å². The zero-order valence-corrected chi connectivity index (χ0v) is 18.9. The predicted molar refractivity (Wildman–Crippen MR) is 130 cm³/mol. The van der Waals surface area contributed by atoms with Crippen LogP contribution in [0.2, 0.25) is 0 Å². The zero-order valence-electron chi connectivity index (χ0n) is 18.9. The van der Waals surface area contributed by atoms with E-state index in [1.54, 1.807) is 12.7 Å². The van der Waals surface area contributed by atoms with Crippen molar-refractivity contribution < 1.29 is 5.11 Å². The van der Waals surface area contributed by atoms with Crippen LogP contribution in [0.5, 0.6) is 0 Å². The maximum Gasteiger partial charge on any atom is 0.123 e. The topological polar surface area (TPSA) is 82.0 Å². The third-order valence-electron chi connectivity index (χ3n) is 6.78. The van der Waals surface area contributed by atoms with Crippen LogP contribution in [-0.2, 0) is 12.8 Å². The Bertz CT molecular complexity index is 1140. The highest BCUT2D eigenvalue weighted by Crippen LogP contribution is 2.23. The molecule has 0 saturated carbocycles. The average molecular weight is 445 g/mol. The molecule has 3 heterocycles. The van der Waals surface area contributed by atoms with E-state index in [-0.39, 0.29) is 12.6 Å². The number of aliphatic hydroxyl groups excluding tert-OH is 1. The standard InChI is InChI=1S/C26H32N6O/c33-17-23(12-20-4-2-1-3-5-20)27-14-21-8-10-31(16-21)11-9-22-15-28-26-7-6-24(13-25(22)26)32-18-29-30-19-32/h1-7,13,15,18-19,21,23,27-28,33H,8-12,14,16-17H2/t21-,23?/m0/s1. The molecule has 1 unspecified atom stereocenters. The van der Waals surface area contributed by atoms with E-state index >= 15 is 0 Å². The Kier molecular flexibility index (Phi) is 6.81. The highest BCUT2D eigenvalue weighted by atomic mass is 16.3. The summed E-state index contributed by atoms with van der Waals surface area (Å²) in [5, 5.41) is 22.5. The van der Waals surface area contributed by atoms with Gasteiger partial charge in [-0.05, 0) is 67.6 Å². The molecule has 5 rings (SSSR count). The van der Waals surface area contributed by atoms with Gasteiger partial charge in [-0.2, -0.15) is 0 Å². The van der Waals surface area contributed by atoms with Crippen molar-refractivity contribution in [3.05, 3.63) is 78.5 Å². The normalized spacial score (nSPS) is 17.7. The minimum absolute atomic E-state index is 0.118. The van der Waals surface area contributed by atoms with Crippen molar-refractivity contribution in [3.63, 3.8) is 0 Å². The van der Waals surface area contributed by atoms with Crippen molar-refractivity contribution >= 4 is 10.9 Å². The number of H-pyrrole nitrogens is 1. The van der Waals surface area contributed by atoms with Gasteiger partial charge in [0.25, 0.3) is 0 Å². The molecule has 2 aromatic carbocycles. The first-order chi connectivity index (χ1) is 16.3. The molecule has 0 amide bonds. The fourth-order valence-corrected chi connectivity index (χ4v) is 4.86. The lowest BCUT2D eigenvalue weighted by Gasteiger charge is -2.20. The van der Waals surface area contributed by atoms with Crippen LogP contribution in [0.25, 0.3) is 16.6 Å². The van der Waals surface area contributed by atoms with Gasteiger partial charge in [0.1, 0.15) is 12.7 Å². The van der Waals surface area contributed by atoms with Gasteiger partial charge in [0, 0.05) is 41.9 Å². The Morgan fingerprint density at radius 2 is 1.97 bits per heavy atom. The largest absolute Gasteiger partial charge is 0.395 e. The summed E-state index contributed by atoms with van der Waals surface area (Å²) >= 11 is 0. The Hall–Kier alpha value is -3.00. The van der Waals surface area contributed by atoms with Gasteiger partial charge in [-0.15, -0.1) is 10.2 Å². The van der Waals surface area contributed by atoms with E-state index in [1.165, 1.54) is 28.5 Å². The van der Waals surface area contributed by atoms with Crippen LogP contribution in [-0.4, -0.2) is 68.6 Å². The fraction of sp³-hybridized carbons (Fsp3) is 0.385. The molecular formula is C26H32N6O. The van der Waals surface area contributed by atoms with Crippen LogP contribution < -0.4 is 5.32 Å². The van der Waals surface area contributed by atoms with E-state index in [0.717, 1.165) is 44.7 Å². The maximum absolute atomic E-state index is 9.79. The van der Waals surface area contributed by atoms with Gasteiger partial charge in [-0.3, -0.25) is 4.57 Å². The smallest absolute Gasteiger partial charge is 0.123 e. The number of likely N-dealkylation sites (tertiary alicyclic amines) is 1. The summed E-state index contributed by atoms with van der Waals surface area (Å²) in [6.07, 6.45) is 8.71. The van der Waals surface area contributed by atoms with Gasteiger partial charge >= 0.3 is 0 Å². The molecule has 0 aliphatic carbocycles. The number of aromatic nitrogens is 4. The molecule has 7 heteroatoms. The minimum Gasteiger partial charge on any atom is -0.395 e. The number of benzene rings is 2. The summed E-state index contributed by atoms with van der Waals surface area (Å²) in [6, 6.07) is 16.9. The minimum atomic E-state index is 0.118. The number of aromatic amines is 1. The van der Waals surface area contributed by atoms with E-state index in [1.807, 2.05) is 10.6 Å². The molecule has 4 aromatic rings. The Balaban J connectivity index is 1.12. The average Bonchev–Trinajstić information content (AvgIpc) is 3.62. The third-order valence-corrected chi connectivity index (χ3v) is 6.78. The van der Waals surface area contributed by atoms with E-state index in [9.17, 15) is 5.11 Å². The zero-order chi connectivity index (χ0) is 22.5. The number of fused-ring (bicyclic) bond motifs is 1. The number of hydrogen-bond donors (Lipinski definition) is 3. The number of hydrogen-bond acceptors (Lipinski definition) is 5. The molecule has 0 bridgehead atoms. The van der Waals surface area contributed by atoms with Crippen molar-refractivity contribution in [3.8, 4) is 5.69 Å². The fourth-order valence-electron chi connectivity index (χ4n) is 4.86. The molecule has 1 aliphatic heterocycles. The van der Waals surface area contributed by atoms with Crippen LogP contribution in [0, 0.1) is 5.92 Å². The van der Waals surface area contributed by atoms with Crippen molar-refractivity contribution in [1.29, 1.82) is 0 Å². The number of rotatable bonds is 10. The van der Waals surface area contributed by atoms with Crippen LogP contribution >= 0.6 is 0 Å². The Labute approximate surface area is 194 Å². The summed E-state index contributed by atoms with van der Waals surface area (Å²) in [5.74, 6) is 0.637. The Morgan fingerprint density at radius 1 is 1.12 bits per heavy atom. The lowest BCUT2D eigenvalue weighted by Crippen LogP contribution is -2.38. The molecule has 1 fully saturated rings. The molecule has 1 saturated heterocycles. The van der Waals surface area contributed by atoms with E-state index in [2.05, 4.69) is 74.1 Å². The van der Waals surface area contributed by atoms with Crippen LogP contribution in [0.1, 0.15) is 17.5 Å². The number of nitrogens with zero attached hydrogens (tertiary/aromatic N) is 4. The van der Waals surface area contributed by atoms with Crippen molar-refractivity contribution in [2.45, 2.75) is 25.3 Å². The molecule has 33 heavy (non-hydrogen) atoms. The van der Waals surface area contributed by atoms with Gasteiger partial charge in [0.15, 0.2) is 0 Å². The van der Waals surface area contributed by atoms with Gasteiger partial charge in [0.05, 0.1) is 6.61 Å². The molecule has 0 spiro atoms. The lowest BCUT2D eigenvalue weighted by molar-refractivity contribution is 0.235. The summed E-state index contributed by atoms with van der Waals surface area (Å²) in [6.45, 7) is 4.45. The first kappa shape index (κ1) is 21.8. The number of aliphatic hydroxyl groups is 1. The van der Waals surface area contributed by atoms with Crippen molar-refractivity contribution in [2.75, 3.05) is 32.8 Å². The second-order valence-corrected chi connectivity index (χ2v) is 9.10. The molecule has 2 aromatic heterocycles. The molecule has 1 aliphatic rings. The molecule has 2 atom stereocenters. The molecule has 3 N–H and O–H groups in total. The molecule has 7 nitrogen and oxygen atoms in total. The van der Waals surface area contributed by atoms with Crippen molar-refractivity contribution in [1.82, 2.24) is 30.0 Å². The maximum atomic E-state index is 9.79. The molecular weight excluding hydrogens is 412 g/mol. The van der Waals surface area contributed by atoms with Gasteiger partial charge in [-0.1, -0.05) is 30.3 Å². The molecule has 0 radical (unpaired) electrons. The first-order valence-electron chi connectivity index (χ1n) is 11.8. The summed E-state index contributed by atoms with van der Waals surface area (Å²) < 4.78 is 1.94. The van der Waals surface area contributed by atoms with E-state index < -0.39 is 0 Å². The van der Waals surface area contributed by atoms with Crippen LogP contribution in [0.3, 0.4) is 0 Å². The summed E-state index contributed by atoms with van der Waals surface area (Å²) in [4.78, 5) is 5.98. The van der Waals surface area contributed by atoms with E-state index in [0.29, 0.717) is 5.92 Å². The van der Waals surface area contributed by atoms with Crippen LogP contribution in [0.15, 0.2) is 67.4 Å². The van der Waals surface area contributed by atoms with Crippen molar-refractivity contribution in [2.24, 2.45) is 5.92 Å². The number of nitrogens with one attached hydrogen (secondary N) is 2. The summed E-state index contributed by atoms with van der Waals surface area (Å²) in [7, 11) is 0. The third kappa shape index (κ3) is 5.33. The first-order valence-corrected chi connectivity index (χ1v) is 11.8.